The van der Waals surface area contributed by atoms with Crippen LogP contribution in [0.3, 0.4) is 0 Å². The molecule has 0 saturated carbocycles. The molecular weight excluding hydrogens is 889 g/mol. The second-order valence-electron chi connectivity index (χ2n) is 16.8. The normalized spacial score (nSPS) is 11.2. The van der Waals surface area contributed by atoms with Crippen molar-refractivity contribution in [1.29, 1.82) is 0 Å². The van der Waals surface area contributed by atoms with E-state index in [1.807, 2.05) is 48.5 Å². The lowest BCUT2D eigenvalue weighted by Crippen LogP contribution is -2.49. The summed E-state index contributed by atoms with van der Waals surface area (Å²) in [7, 11) is 13.3. The van der Waals surface area contributed by atoms with Gasteiger partial charge in [-0.1, -0.05) is 48.5 Å². The van der Waals surface area contributed by atoms with Gasteiger partial charge in [0, 0.05) is 76.4 Å². The van der Waals surface area contributed by atoms with Gasteiger partial charge in [-0.2, -0.15) is 0 Å². The number of likely N-dealkylation sites (N-methyl/N-ethyl adjacent to an activating group) is 10. The fourth-order valence-corrected chi connectivity index (χ4v) is 6.68. The Balaban J connectivity index is 1.37. The molecule has 0 saturated heterocycles. The van der Waals surface area contributed by atoms with Crippen LogP contribution in [0.4, 0.5) is 4.79 Å². The maximum Gasteiger partial charge on any atom is 0.409 e. The number of fused-ring (bicyclic) bond motifs is 3. The van der Waals surface area contributed by atoms with Crippen molar-refractivity contribution in [2.45, 2.75) is 5.92 Å². The molecule has 68 heavy (non-hydrogen) atoms. The quantitative estimate of drug-likeness (QED) is 0.135. The van der Waals surface area contributed by atoms with E-state index in [1.54, 1.807) is 0 Å². The summed E-state index contributed by atoms with van der Waals surface area (Å²) >= 11 is 0. The second-order valence-corrected chi connectivity index (χ2v) is 16.8. The second kappa shape index (κ2) is 24.8. The van der Waals surface area contributed by atoms with E-state index in [0.29, 0.717) is 0 Å². The van der Waals surface area contributed by atoms with Crippen LogP contribution in [0.1, 0.15) is 17.0 Å². The van der Waals surface area contributed by atoms with E-state index in [0.717, 1.165) is 71.3 Å². The van der Waals surface area contributed by atoms with Crippen LogP contribution in [-0.4, -0.2) is 262 Å². The lowest BCUT2D eigenvalue weighted by molar-refractivity contribution is -0.147. The third kappa shape index (κ3) is 15.5. The number of hydrogen-bond donors (Lipinski definition) is 1. The van der Waals surface area contributed by atoms with Gasteiger partial charge in [0.2, 0.25) is 53.2 Å². The smallest absolute Gasteiger partial charge is 0.409 e. The largest absolute Gasteiger partial charge is 0.480 e. The van der Waals surface area contributed by atoms with Gasteiger partial charge in [0.15, 0.2) is 0 Å². The van der Waals surface area contributed by atoms with Crippen molar-refractivity contribution in [3.8, 4) is 11.1 Å². The fraction of sp³-hybridized carbons (Fsp3) is 0.489. The first-order valence-corrected chi connectivity index (χ1v) is 21.3. The van der Waals surface area contributed by atoms with Gasteiger partial charge in [0.05, 0.1) is 52.4 Å². The summed E-state index contributed by atoms with van der Waals surface area (Å²) < 4.78 is 5.61. The third-order valence-electron chi connectivity index (χ3n) is 11.2. The molecule has 3 rings (SSSR count). The summed E-state index contributed by atoms with van der Waals surface area (Å²) in [6.07, 6.45) is -0.714. The van der Waals surface area contributed by atoms with Crippen molar-refractivity contribution >= 4 is 65.2 Å². The van der Waals surface area contributed by atoms with E-state index < -0.39 is 124 Å². The Morgan fingerprint density at radius 1 is 0.368 bits per heavy atom. The van der Waals surface area contributed by atoms with Crippen LogP contribution in [0.5, 0.6) is 0 Å². The van der Waals surface area contributed by atoms with Gasteiger partial charge in [-0.05, 0) is 22.3 Å². The summed E-state index contributed by atoms with van der Waals surface area (Å²) in [4.78, 5) is 150. The number of hydrogen-bond acceptors (Lipinski definition) is 12. The highest BCUT2D eigenvalue weighted by molar-refractivity contribution is 5.94. The predicted molar refractivity (Wildman–Crippen MR) is 244 cm³/mol. The van der Waals surface area contributed by atoms with Crippen molar-refractivity contribution in [1.82, 2.24) is 49.0 Å². The molecule has 2 aromatic carbocycles. The number of carbonyl (C=O) groups excluding carboxylic acids is 10. The van der Waals surface area contributed by atoms with Gasteiger partial charge < -0.3 is 58.8 Å². The van der Waals surface area contributed by atoms with Crippen LogP contribution in [-0.2, 0) is 52.7 Å². The van der Waals surface area contributed by atoms with E-state index in [2.05, 4.69) is 0 Å². The first kappa shape index (κ1) is 54.7. The predicted octanol–water partition coefficient (Wildman–Crippen LogP) is -1.92. The average Bonchev–Trinajstić information content (AvgIpc) is 3.60. The number of benzene rings is 2. The summed E-state index contributed by atoms with van der Waals surface area (Å²) in [6.45, 7) is -4.39. The zero-order valence-corrected chi connectivity index (χ0v) is 40.3. The summed E-state index contributed by atoms with van der Waals surface area (Å²) in [6, 6.07) is 15.8. The Labute approximate surface area is 395 Å². The van der Waals surface area contributed by atoms with E-state index in [1.165, 1.54) is 70.5 Å². The molecule has 23 heteroatoms. The van der Waals surface area contributed by atoms with Gasteiger partial charge in [-0.3, -0.25) is 47.9 Å². The molecule has 0 spiro atoms. The van der Waals surface area contributed by atoms with Crippen molar-refractivity contribution in [2.75, 3.05) is 143 Å². The standard InChI is InChI=1S/C45H62N10O13/c1-46(20-36(57)48(3)22-38(59)50(5)24-40(61)52(7)26-42(63)54(9)28-44(65)66)35(56)19-47(2)37(58)21-49(4)39(60)23-51(6)41(62)25-53(8)43(64)27-55(10)45(67)68-29-34-32-17-13-11-15-30(32)31-16-12-14-18-33(31)34/h11-18,34H,19-29H2,1-10H3,(H,65,66). The van der Waals surface area contributed by atoms with Crippen molar-refractivity contribution in [3.05, 3.63) is 59.7 Å². The average molecular weight is 951 g/mol. The molecular formula is C45H62N10O13. The van der Waals surface area contributed by atoms with E-state index in [9.17, 15) is 52.7 Å². The highest BCUT2D eigenvalue weighted by Crippen LogP contribution is 2.44. The number of carbonyl (C=O) groups is 11. The van der Waals surface area contributed by atoms with Gasteiger partial charge in [0.25, 0.3) is 0 Å². The number of carboxylic acid groups (broad SMARTS) is 1. The molecule has 1 N–H and O–H groups in total. The minimum atomic E-state index is -1.22. The Morgan fingerprint density at radius 2 is 0.588 bits per heavy atom. The topological polar surface area (TPSA) is 250 Å². The monoisotopic (exact) mass is 950 g/mol. The van der Waals surface area contributed by atoms with Gasteiger partial charge in [0.1, 0.15) is 19.7 Å². The molecule has 0 aliphatic heterocycles. The van der Waals surface area contributed by atoms with Crippen molar-refractivity contribution in [3.63, 3.8) is 0 Å². The van der Waals surface area contributed by atoms with E-state index in [-0.39, 0.29) is 19.1 Å². The molecule has 1 aliphatic carbocycles. The molecule has 0 aromatic heterocycles. The minimum Gasteiger partial charge on any atom is -0.480 e. The number of rotatable bonds is 22. The van der Waals surface area contributed by atoms with Gasteiger partial charge >= 0.3 is 12.1 Å². The zero-order valence-electron chi connectivity index (χ0n) is 40.3. The highest BCUT2D eigenvalue weighted by atomic mass is 16.6. The molecule has 0 fully saturated rings. The molecule has 23 nitrogen and oxygen atoms in total. The first-order valence-electron chi connectivity index (χ1n) is 21.3. The van der Waals surface area contributed by atoms with Gasteiger partial charge in [-0.25, -0.2) is 4.79 Å². The highest BCUT2D eigenvalue weighted by Gasteiger charge is 2.31. The Bertz CT molecular complexity index is 2210. The Hall–Kier alpha value is -7.59. The third-order valence-corrected chi connectivity index (χ3v) is 11.2. The lowest BCUT2D eigenvalue weighted by Gasteiger charge is -2.27. The molecule has 0 unspecified atom stereocenters. The number of ether oxygens (including phenoxy) is 1. The number of carboxylic acids is 1. The van der Waals surface area contributed by atoms with Crippen LogP contribution in [0.2, 0.25) is 0 Å². The minimum absolute atomic E-state index is 0.0669. The number of amides is 10. The van der Waals surface area contributed by atoms with E-state index in [4.69, 9.17) is 9.84 Å². The lowest BCUT2D eigenvalue weighted by atomic mass is 9.98. The summed E-state index contributed by atoms with van der Waals surface area (Å²) in [5, 5.41) is 8.85. The Kier molecular flexibility index (Phi) is 20.0. The molecule has 0 atom stereocenters. The maximum absolute atomic E-state index is 13.0. The molecule has 0 radical (unpaired) electrons. The van der Waals surface area contributed by atoms with Crippen molar-refractivity contribution < 1.29 is 62.6 Å². The molecule has 1 aliphatic rings. The summed E-state index contributed by atoms with van der Waals surface area (Å²) in [5.41, 5.74) is 4.23. The van der Waals surface area contributed by atoms with Crippen LogP contribution in [0.25, 0.3) is 11.1 Å². The Morgan fingerprint density at radius 3 is 0.838 bits per heavy atom. The maximum atomic E-state index is 13.0. The van der Waals surface area contributed by atoms with Crippen LogP contribution in [0.15, 0.2) is 48.5 Å². The zero-order chi connectivity index (χ0) is 51.2. The SMILES string of the molecule is CN(CC(=O)O)C(=O)CN(C)C(=O)CN(C)C(=O)CN(C)C(=O)CN(C)C(=O)CN(C)C(=O)CN(C)C(=O)CN(C)C(=O)CN(C)C(=O)CN(C)C(=O)OCC1c2ccccc2-c2ccccc21. The summed E-state index contributed by atoms with van der Waals surface area (Å²) in [5.74, 6) is -6.90. The number of nitrogens with zero attached hydrogens (tertiary/aromatic N) is 10. The van der Waals surface area contributed by atoms with Gasteiger partial charge in [-0.15, -0.1) is 0 Å². The van der Waals surface area contributed by atoms with Crippen LogP contribution < -0.4 is 0 Å². The number of aliphatic carboxylic acids is 1. The van der Waals surface area contributed by atoms with Crippen molar-refractivity contribution in [2.24, 2.45) is 0 Å². The van der Waals surface area contributed by atoms with E-state index >= 15 is 0 Å². The van der Waals surface area contributed by atoms with Crippen LogP contribution >= 0.6 is 0 Å². The fourth-order valence-electron chi connectivity index (χ4n) is 6.68. The molecule has 370 valence electrons. The first-order chi connectivity index (χ1) is 31.8. The van der Waals surface area contributed by atoms with Crippen LogP contribution in [0, 0.1) is 0 Å². The molecule has 0 heterocycles. The molecule has 10 amide bonds. The molecule has 2 aromatic rings. The molecule has 0 bridgehead atoms.